The second-order valence-corrected chi connectivity index (χ2v) is 8.47. The number of amides is 2. The topological polar surface area (TPSA) is 65.5 Å². The van der Waals surface area contributed by atoms with Gasteiger partial charge in [0.05, 0.1) is 17.8 Å². The summed E-state index contributed by atoms with van der Waals surface area (Å²) < 4.78 is 13.9. The highest BCUT2D eigenvalue weighted by Crippen LogP contribution is 2.27. The third-order valence-corrected chi connectivity index (χ3v) is 6.47. The predicted molar refractivity (Wildman–Crippen MR) is 112 cm³/mol. The Balaban J connectivity index is 1.27. The molecule has 2 fully saturated rings. The molecule has 0 spiro atoms. The molecule has 0 atom stereocenters. The van der Waals surface area contributed by atoms with Crippen molar-refractivity contribution in [2.45, 2.75) is 32.1 Å². The summed E-state index contributed by atoms with van der Waals surface area (Å²) in [5.41, 5.74) is 1.26. The third-order valence-electron chi connectivity index (χ3n) is 5.67. The van der Waals surface area contributed by atoms with Crippen LogP contribution in [0, 0.1) is 11.7 Å². The predicted octanol–water partition coefficient (Wildman–Crippen LogP) is 3.30. The Kier molecular flexibility index (Phi) is 6.08. The highest BCUT2D eigenvalue weighted by atomic mass is 32.1. The molecule has 4 rings (SSSR count). The maximum atomic E-state index is 13.9. The monoisotopic (exact) mass is 416 g/mol. The zero-order chi connectivity index (χ0) is 20.2. The average molecular weight is 417 g/mol. The van der Waals surface area contributed by atoms with Crippen LogP contribution in [-0.2, 0) is 16.0 Å². The van der Waals surface area contributed by atoms with Gasteiger partial charge >= 0.3 is 0 Å². The highest BCUT2D eigenvalue weighted by Gasteiger charge is 2.25. The Bertz CT molecular complexity index is 873. The highest BCUT2D eigenvalue weighted by molar-refractivity contribution is 7.13. The first kappa shape index (κ1) is 19.8. The number of piperazine rings is 1. The van der Waals surface area contributed by atoms with Gasteiger partial charge in [0, 0.05) is 37.5 Å². The fourth-order valence-electron chi connectivity index (χ4n) is 4.01. The fourth-order valence-corrected chi connectivity index (χ4v) is 4.73. The van der Waals surface area contributed by atoms with E-state index in [4.69, 9.17) is 0 Å². The first-order valence-electron chi connectivity index (χ1n) is 10.1. The largest absolute Gasteiger partial charge is 0.366 e. The van der Waals surface area contributed by atoms with Crippen molar-refractivity contribution in [3.8, 4) is 0 Å². The van der Waals surface area contributed by atoms with Crippen molar-refractivity contribution in [2.24, 2.45) is 5.92 Å². The van der Waals surface area contributed by atoms with E-state index in [0.29, 0.717) is 42.7 Å². The van der Waals surface area contributed by atoms with Crippen molar-refractivity contribution in [3.05, 3.63) is 41.2 Å². The quantitative estimate of drug-likeness (QED) is 0.812. The molecule has 8 heteroatoms. The lowest BCUT2D eigenvalue weighted by Crippen LogP contribution is -2.49. The molecule has 1 saturated carbocycles. The maximum absolute atomic E-state index is 13.9. The third kappa shape index (κ3) is 4.75. The summed E-state index contributed by atoms with van der Waals surface area (Å²) >= 11 is 1.36. The summed E-state index contributed by atoms with van der Waals surface area (Å²) in [7, 11) is 0. The number of benzene rings is 1. The van der Waals surface area contributed by atoms with Crippen LogP contribution in [0.4, 0.5) is 15.2 Å². The summed E-state index contributed by atoms with van der Waals surface area (Å²) in [4.78, 5) is 33.0. The molecule has 1 aliphatic heterocycles. The van der Waals surface area contributed by atoms with Gasteiger partial charge in [0.15, 0.2) is 5.13 Å². The molecule has 2 aliphatic rings. The van der Waals surface area contributed by atoms with Crippen LogP contribution >= 0.6 is 11.3 Å². The Morgan fingerprint density at radius 3 is 2.59 bits per heavy atom. The summed E-state index contributed by atoms with van der Waals surface area (Å²) in [6, 6.07) is 6.72. The van der Waals surface area contributed by atoms with Crippen LogP contribution in [0.15, 0.2) is 29.6 Å². The molecule has 0 unspecified atom stereocenters. The van der Waals surface area contributed by atoms with Crippen molar-refractivity contribution in [1.29, 1.82) is 0 Å². The van der Waals surface area contributed by atoms with Gasteiger partial charge in [0.25, 0.3) is 0 Å². The maximum Gasteiger partial charge on any atom is 0.229 e. The van der Waals surface area contributed by atoms with Crippen LogP contribution < -0.4 is 10.2 Å². The van der Waals surface area contributed by atoms with Crippen LogP contribution in [0.5, 0.6) is 0 Å². The molecular formula is C21H25FN4O2S. The molecule has 29 heavy (non-hydrogen) atoms. The summed E-state index contributed by atoms with van der Waals surface area (Å²) in [5.74, 6) is -0.0900. The first-order valence-corrected chi connectivity index (χ1v) is 11.0. The molecule has 2 aromatic rings. The average Bonchev–Trinajstić information content (AvgIpc) is 3.41. The number of nitrogens with one attached hydrogen (secondary N) is 1. The summed E-state index contributed by atoms with van der Waals surface area (Å²) in [5, 5.41) is 5.28. The van der Waals surface area contributed by atoms with E-state index in [0.717, 1.165) is 25.7 Å². The Labute approximate surface area is 173 Å². The first-order chi connectivity index (χ1) is 14.1. The van der Waals surface area contributed by atoms with Crippen molar-refractivity contribution in [1.82, 2.24) is 9.88 Å². The number of hydrogen-bond acceptors (Lipinski definition) is 5. The smallest absolute Gasteiger partial charge is 0.229 e. The summed E-state index contributed by atoms with van der Waals surface area (Å²) in [6.07, 6.45) is 4.33. The molecule has 0 bridgehead atoms. The van der Waals surface area contributed by atoms with Gasteiger partial charge in [-0.25, -0.2) is 9.37 Å². The molecule has 0 radical (unpaired) electrons. The van der Waals surface area contributed by atoms with E-state index in [9.17, 15) is 14.0 Å². The molecule has 1 N–H and O–H groups in total. The minimum atomic E-state index is -0.234. The molecule has 6 nitrogen and oxygen atoms in total. The normalized spacial score (nSPS) is 17.6. The van der Waals surface area contributed by atoms with E-state index < -0.39 is 0 Å². The number of rotatable bonds is 5. The lowest BCUT2D eigenvalue weighted by Gasteiger charge is -2.36. The van der Waals surface area contributed by atoms with Crippen molar-refractivity contribution < 1.29 is 14.0 Å². The molecular weight excluding hydrogens is 391 g/mol. The molecule has 154 valence electrons. The van der Waals surface area contributed by atoms with Gasteiger partial charge in [0.2, 0.25) is 11.8 Å². The van der Waals surface area contributed by atoms with Gasteiger partial charge in [-0.05, 0) is 25.0 Å². The number of halogens is 1. The van der Waals surface area contributed by atoms with E-state index in [1.54, 1.807) is 17.0 Å². The van der Waals surface area contributed by atoms with E-state index in [-0.39, 0.29) is 30.0 Å². The summed E-state index contributed by atoms with van der Waals surface area (Å²) in [6.45, 7) is 2.32. The number of para-hydroxylation sites is 1. The van der Waals surface area contributed by atoms with Gasteiger partial charge in [-0.3, -0.25) is 9.59 Å². The minimum Gasteiger partial charge on any atom is -0.366 e. The number of hydrogen-bond donors (Lipinski definition) is 1. The van der Waals surface area contributed by atoms with Crippen LogP contribution in [0.1, 0.15) is 31.4 Å². The van der Waals surface area contributed by atoms with Gasteiger partial charge < -0.3 is 15.1 Å². The second kappa shape index (κ2) is 8.90. The van der Waals surface area contributed by atoms with Crippen LogP contribution in [0.25, 0.3) is 0 Å². The zero-order valence-corrected chi connectivity index (χ0v) is 17.1. The Hall–Kier alpha value is -2.48. The molecule has 2 heterocycles. The van der Waals surface area contributed by atoms with Gasteiger partial charge in [0.1, 0.15) is 5.82 Å². The number of nitrogens with zero attached hydrogens (tertiary/aromatic N) is 3. The van der Waals surface area contributed by atoms with Crippen molar-refractivity contribution >= 4 is 34.0 Å². The Morgan fingerprint density at radius 2 is 1.86 bits per heavy atom. The lowest BCUT2D eigenvalue weighted by molar-refractivity contribution is -0.130. The fraction of sp³-hybridized carbons (Fsp3) is 0.476. The minimum absolute atomic E-state index is 0.0113. The molecule has 1 aliphatic carbocycles. The van der Waals surface area contributed by atoms with E-state index in [2.05, 4.69) is 10.3 Å². The van der Waals surface area contributed by atoms with Crippen LogP contribution in [-0.4, -0.2) is 47.9 Å². The number of aromatic nitrogens is 1. The van der Waals surface area contributed by atoms with Crippen LogP contribution in [0.3, 0.4) is 0 Å². The number of anilines is 2. The number of carbonyl (C=O) groups excluding carboxylic acids is 2. The van der Waals surface area contributed by atoms with Crippen molar-refractivity contribution in [3.63, 3.8) is 0 Å². The van der Waals surface area contributed by atoms with E-state index >= 15 is 0 Å². The molecule has 1 aromatic heterocycles. The standard InChI is InChI=1S/C21H25FN4O2S/c22-17-7-3-4-8-18(17)25-9-11-26(12-10-25)19(27)13-16-14-29-21(23-16)24-20(28)15-5-1-2-6-15/h3-4,7-8,14-15H,1-2,5-6,9-13H2,(H,23,24,28). The van der Waals surface area contributed by atoms with Crippen molar-refractivity contribution in [2.75, 3.05) is 36.4 Å². The SMILES string of the molecule is O=C(Nc1nc(CC(=O)N2CCN(c3ccccc3F)CC2)cs1)C1CCCC1. The van der Waals surface area contributed by atoms with Crippen LogP contribution in [0.2, 0.25) is 0 Å². The van der Waals surface area contributed by atoms with E-state index in [1.807, 2.05) is 16.3 Å². The Morgan fingerprint density at radius 1 is 1.14 bits per heavy atom. The lowest BCUT2D eigenvalue weighted by atomic mass is 10.1. The number of thiazole rings is 1. The number of carbonyl (C=O) groups is 2. The van der Waals surface area contributed by atoms with E-state index in [1.165, 1.54) is 17.4 Å². The van der Waals surface area contributed by atoms with Gasteiger partial charge in [-0.2, -0.15) is 0 Å². The van der Waals surface area contributed by atoms with Gasteiger partial charge in [-0.15, -0.1) is 11.3 Å². The molecule has 1 saturated heterocycles. The zero-order valence-electron chi connectivity index (χ0n) is 16.3. The second-order valence-electron chi connectivity index (χ2n) is 7.61. The molecule has 1 aromatic carbocycles. The van der Waals surface area contributed by atoms with Gasteiger partial charge in [-0.1, -0.05) is 25.0 Å². The molecule has 2 amide bonds.